The molecule has 2 fully saturated rings. The fourth-order valence-corrected chi connectivity index (χ4v) is 26.7. The Balaban J connectivity index is 0.918. The minimum absolute atomic E-state index is 0.0297. The van der Waals surface area contributed by atoms with Crippen molar-refractivity contribution in [2.45, 2.75) is 207 Å². The first-order valence-corrected chi connectivity index (χ1v) is 42.3. The van der Waals surface area contributed by atoms with Crippen molar-refractivity contribution in [3.05, 3.63) is 170 Å². The van der Waals surface area contributed by atoms with E-state index in [0.29, 0.717) is 60.8 Å². The number of carbonyl (C=O) groups is 1. The van der Waals surface area contributed by atoms with Gasteiger partial charge in [-0.25, -0.2) is 4.67 Å². The molecule has 0 spiro atoms. The SMILES string of the molecule is COc1ccc(C(OCC(COCCCNC(=O)c2ccc(C3=c4cc5c(c([As]6(=O)OC(C)(C)C(C)(C)O6)c4Oc4c3cc3c(c4[As]4(=O)OC(C)(C)C(C)(C)O4)NC(C)C3(C)C)=NC(C)C5(C)C)cc2)OP(OCCC#N)N(C(C)C)C(C)C)(c2ccccc2)c2ccc(OC)cc2)cc1. The Hall–Kier alpha value is -6.06. The van der Waals surface area contributed by atoms with Gasteiger partial charge in [0.2, 0.25) is 0 Å². The Morgan fingerprint density at radius 3 is 1.76 bits per heavy atom. The number of nitrogens with zero attached hydrogens (tertiary/aromatic N) is 3. The average molecular weight is 1510 g/mol. The largest absolute Gasteiger partial charge is 0.497 e. The fourth-order valence-electron chi connectivity index (χ4n) is 13.6. The second-order valence-electron chi connectivity index (χ2n) is 30.4. The van der Waals surface area contributed by atoms with E-state index in [9.17, 15) is 10.1 Å². The summed E-state index contributed by atoms with van der Waals surface area (Å²) in [4.78, 5) is 19.7. The van der Waals surface area contributed by atoms with Crippen LogP contribution >= 0.6 is 8.53 Å². The zero-order valence-electron chi connectivity index (χ0n) is 61.7. The van der Waals surface area contributed by atoms with Gasteiger partial charge in [-0.3, -0.25) is 0 Å². The molecule has 6 aromatic carbocycles. The molecule has 11 rings (SSSR count). The van der Waals surface area contributed by atoms with Crippen molar-refractivity contribution >= 4 is 62.7 Å². The topological polar surface area (TPSA) is 216 Å². The van der Waals surface area contributed by atoms with Crippen LogP contribution in [0, 0.1) is 11.3 Å². The third kappa shape index (κ3) is 13.7. The number of nitriles is 1. The molecule has 0 saturated carbocycles. The number of nitrogens with one attached hydrogen (secondary N) is 2. The predicted molar refractivity (Wildman–Crippen MR) is 389 cm³/mol. The van der Waals surface area contributed by atoms with Gasteiger partial charge in [0.1, 0.15) is 23.2 Å². The molecule has 6 aromatic rings. The number of anilines is 1. The zero-order chi connectivity index (χ0) is 72.5. The summed E-state index contributed by atoms with van der Waals surface area (Å²) < 4.78 is 108. The zero-order valence-corrected chi connectivity index (χ0v) is 66.4. The van der Waals surface area contributed by atoms with E-state index in [0.717, 1.165) is 27.8 Å². The number of amides is 1. The minimum Gasteiger partial charge on any atom is -0.497 e. The van der Waals surface area contributed by atoms with E-state index < -0.39 is 81.8 Å². The number of ether oxygens (including phenoxy) is 5. The quantitative estimate of drug-likeness (QED) is 0.0223. The van der Waals surface area contributed by atoms with Crippen LogP contribution in [0.15, 0.2) is 120 Å². The molecule has 100 heavy (non-hydrogen) atoms. The molecule has 0 aliphatic carbocycles. The Labute approximate surface area is 597 Å². The van der Waals surface area contributed by atoms with Crippen LogP contribution in [0.3, 0.4) is 0 Å². The number of hydrogen-bond donors (Lipinski definition) is 2. The van der Waals surface area contributed by atoms with Gasteiger partial charge in [-0.15, -0.1) is 0 Å². The van der Waals surface area contributed by atoms with Gasteiger partial charge in [0.25, 0.3) is 8.53 Å². The van der Waals surface area contributed by atoms with Gasteiger partial charge in [0.15, 0.2) is 0 Å². The van der Waals surface area contributed by atoms with Crippen molar-refractivity contribution in [2.24, 2.45) is 4.99 Å². The van der Waals surface area contributed by atoms with E-state index in [2.05, 4.69) is 95.8 Å². The molecule has 19 nitrogen and oxygen atoms in total. The molecule has 2 N–H and O–H groups in total. The molecular weight excluding hydrogens is 1410 g/mol. The molecule has 22 heteroatoms. The summed E-state index contributed by atoms with van der Waals surface area (Å²) in [5.74, 6) is 1.57. The van der Waals surface area contributed by atoms with Gasteiger partial charge in [-0.2, -0.15) is 5.26 Å². The summed E-state index contributed by atoms with van der Waals surface area (Å²) in [6.45, 7) is 37.1. The van der Waals surface area contributed by atoms with E-state index >= 15 is 7.48 Å². The summed E-state index contributed by atoms with van der Waals surface area (Å²) in [6, 6.07) is 39.3. The molecule has 0 radical (unpaired) electrons. The van der Waals surface area contributed by atoms with E-state index in [4.69, 9.17) is 52.6 Å². The van der Waals surface area contributed by atoms with Crippen molar-refractivity contribution in [1.82, 2.24) is 9.99 Å². The van der Waals surface area contributed by atoms with Crippen LogP contribution in [0.4, 0.5) is 5.69 Å². The van der Waals surface area contributed by atoms with Crippen LogP contribution in [-0.2, 0) is 57.3 Å². The van der Waals surface area contributed by atoms with Crippen molar-refractivity contribution < 1.29 is 59.9 Å². The number of rotatable bonds is 26. The Morgan fingerprint density at radius 1 is 0.690 bits per heavy atom. The van der Waals surface area contributed by atoms with Gasteiger partial charge < -0.3 is 28.0 Å². The van der Waals surface area contributed by atoms with E-state index in [1.807, 2.05) is 153 Å². The molecule has 0 aromatic heterocycles. The van der Waals surface area contributed by atoms with Gasteiger partial charge in [-0.05, 0) is 68.7 Å². The number of methoxy groups -OCH3 is 2. The van der Waals surface area contributed by atoms with E-state index in [1.54, 1.807) is 26.4 Å². The molecule has 4 unspecified atom stereocenters. The molecule has 5 heterocycles. The smallest absolute Gasteiger partial charge is 0.259 e. The van der Waals surface area contributed by atoms with Crippen LogP contribution in [0.5, 0.6) is 23.0 Å². The molecule has 4 atom stereocenters. The van der Waals surface area contributed by atoms with E-state index in [1.165, 1.54) is 0 Å². The number of benzene rings is 6. The number of hydrogen-bond acceptors (Lipinski definition) is 18. The Kier molecular flexibility index (Phi) is 21.2. The number of carbonyl (C=O) groups excluding carboxylic acids is 1. The third-order valence-corrected chi connectivity index (χ3v) is 33.4. The molecule has 5 aliphatic rings. The van der Waals surface area contributed by atoms with Crippen LogP contribution < -0.4 is 44.1 Å². The average Bonchev–Trinajstić information content (AvgIpc) is 1.58. The predicted octanol–water partition coefficient (Wildman–Crippen LogP) is 12.6. The Morgan fingerprint density at radius 2 is 1.23 bits per heavy atom. The van der Waals surface area contributed by atoms with Crippen LogP contribution in [-0.4, -0.2) is 139 Å². The summed E-state index contributed by atoms with van der Waals surface area (Å²) in [6.07, 6.45) is -0.0492. The normalized spacial score (nSPS) is 21.0. The summed E-state index contributed by atoms with van der Waals surface area (Å²) >= 11 is -10.4. The fraction of sp³-hybridized carbons (Fsp3) is 0.500. The monoisotopic (exact) mass is 1510 g/mol. The summed E-state index contributed by atoms with van der Waals surface area (Å²) in [7, 11) is 1.54. The van der Waals surface area contributed by atoms with Crippen molar-refractivity contribution in [3.8, 4) is 29.1 Å². The maximum Gasteiger partial charge on any atom is 0.259 e. The summed E-state index contributed by atoms with van der Waals surface area (Å²) in [5.41, 5.74) is 1.31. The van der Waals surface area contributed by atoms with Gasteiger partial charge in [-0.1, -0.05) is 54.6 Å². The van der Waals surface area contributed by atoms with Crippen molar-refractivity contribution in [3.63, 3.8) is 0 Å². The molecule has 1 amide bonds. The molecule has 0 bridgehead atoms. The number of fused-ring (bicyclic) bond motifs is 4. The van der Waals surface area contributed by atoms with E-state index in [-0.39, 0.29) is 85.3 Å². The standard InChI is InChI=1S/C78H100As2N5O14P/c1-48(2)85(49(3)4)100(93-43-24-40-81)95-59(47-92-78(54-26-22-21-23-27-54,55-32-36-57(89-19)37-33-55)56-34-38-58(90-20)39-35-56)46-91-42-25-41-82-71(86)53-30-28-52(29-31-53)64-60-44-62-67(83-50(5)72(62,7)8)65(79(87)96-74(11,12)75(13,14)97-79)69(60)94-70-61(64)45-63-68(84-51(6)73(63,9)10)66(70)80(88)98-76(15,16)77(17,18)99-80/h21-23,26-39,44-45,48-51,59,83H,24-25,41-43,46-47H2,1-20H3,(H,82,86). The second kappa shape index (κ2) is 28.2. The molecule has 2 saturated heterocycles. The minimum atomic E-state index is -5.23. The first-order chi connectivity index (χ1) is 47.0. The Bertz CT molecular complexity index is 4230. The third-order valence-electron chi connectivity index (χ3n) is 21.3. The maximum absolute atomic E-state index is 16.2. The van der Waals surface area contributed by atoms with Gasteiger partial charge in [0, 0.05) is 18.7 Å². The van der Waals surface area contributed by atoms with Crippen molar-refractivity contribution in [2.75, 3.05) is 52.5 Å². The molecule has 5 aliphatic heterocycles. The van der Waals surface area contributed by atoms with Gasteiger partial charge >= 0.3 is 343 Å². The second-order valence-corrected chi connectivity index (χ2v) is 39.4. The van der Waals surface area contributed by atoms with Crippen molar-refractivity contribution in [1.29, 1.82) is 5.26 Å². The molecule has 536 valence electrons. The van der Waals surface area contributed by atoms with Crippen LogP contribution in [0.2, 0.25) is 0 Å². The molecular formula is C78H100As2N5O14P. The van der Waals surface area contributed by atoms with Crippen LogP contribution in [0.1, 0.15) is 187 Å². The first-order valence-electron chi connectivity index (χ1n) is 34.7. The van der Waals surface area contributed by atoms with Gasteiger partial charge in [0.05, 0.1) is 46.5 Å². The first kappa shape index (κ1) is 75.1. The summed E-state index contributed by atoms with van der Waals surface area (Å²) in [5, 5.41) is 17.6. The maximum atomic E-state index is 16.2. The van der Waals surface area contributed by atoms with Crippen LogP contribution in [0.25, 0.3) is 5.57 Å².